The molecule has 0 N–H and O–H groups in total. The lowest BCUT2D eigenvalue weighted by molar-refractivity contribution is -0.666. The van der Waals surface area contributed by atoms with Crippen LogP contribution in [0.15, 0.2) is 59.7 Å². The van der Waals surface area contributed by atoms with Crippen molar-refractivity contribution < 1.29 is 9.36 Å². The lowest BCUT2D eigenvalue weighted by Crippen LogP contribution is -2.41. The molecule has 2 aromatic heterocycles. The van der Waals surface area contributed by atoms with Gasteiger partial charge < -0.3 is 0 Å². The molecule has 0 radical (unpaired) electrons. The van der Waals surface area contributed by atoms with E-state index in [4.69, 9.17) is 5.26 Å². The van der Waals surface area contributed by atoms with Crippen LogP contribution in [0.2, 0.25) is 0 Å². The summed E-state index contributed by atoms with van der Waals surface area (Å²) in [5, 5.41) is 8.83. The first-order chi connectivity index (χ1) is 10.7. The first kappa shape index (κ1) is 13.7. The fraction of sp³-hybridized carbons (Fsp3) is 0.0588. The monoisotopic (exact) mass is 290 g/mol. The predicted molar refractivity (Wildman–Crippen MR) is 79.5 cm³/mol. The summed E-state index contributed by atoms with van der Waals surface area (Å²) in [6, 6.07) is 14.7. The van der Waals surface area contributed by atoms with Crippen molar-refractivity contribution in [1.82, 2.24) is 4.40 Å². The fourth-order valence-electron chi connectivity index (χ4n) is 2.36. The van der Waals surface area contributed by atoms with Crippen LogP contribution in [0.5, 0.6) is 0 Å². The summed E-state index contributed by atoms with van der Waals surface area (Å²) in [6.45, 7) is 0.500. The van der Waals surface area contributed by atoms with Gasteiger partial charge in [0.2, 0.25) is 0 Å². The normalized spacial score (nSPS) is 10.3. The third kappa shape index (κ3) is 2.38. The Morgan fingerprint density at radius 1 is 1.18 bits per heavy atom. The van der Waals surface area contributed by atoms with Gasteiger partial charge >= 0.3 is 5.56 Å². The third-order valence-electron chi connectivity index (χ3n) is 3.46. The van der Waals surface area contributed by atoms with Gasteiger partial charge in [0.1, 0.15) is 18.3 Å². The number of rotatable bonds is 3. The number of carbonyl (C=O) groups excluding carboxylic acids is 1. The fourth-order valence-corrected chi connectivity index (χ4v) is 2.36. The van der Waals surface area contributed by atoms with Gasteiger partial charge in [-0.1, -0.05) is 18.2 Å². The molecule has 106 valence electrons. The number of aromatic nitrogens is 2. The van der Waals surface area contributed by atoms with E-state index in [0.717, 1.165) is 5.56 Å². The van der Waals surface area contributed by atoms with Crippen LogP contribution in [-0.2, 0) is 6.54 Å². The largest absolute Gasteiger partial charge is 0.352 e. The van der Waals surface area contributed by atoms with Crippen LogP contribution >= 0.6 is 0 Å². The Kier molecular flexibility index (Phi) is 3.50. The molecule has 5 nitrogen and oxygen atoms in total. The maximum Gasteiger partial charge on any atom is 0.352 e. The molecule has 2 heterocycles. The molecule has 0 aliphatic carbocycles. The van der Waals surface area contributed by atoms with Crippen molar-refractivity contribution in [2.45, 2.75) is 6.54 Å². The average molecular weight is 290 g/mol. The van der Waals surface area contributed by atoms with Crippen LogP contribution < -0.4 is 10.1 Å². The van der Waals surface area contributed by atoms with Crippen molar-refractivity contribution in [2.75, 3.05) is 0 Å². The second-order valence-corrected chi connectivity index (χ2v) is 4.87. The van der Waals surface area contributed by atoms with Gasteiger partial charge in [-0.3, -0.25) is 4.79 Å². The molecule has 1 aromatic carbocycles. The van der Waals surface area contributed by atoms with Gasteiger partial charge in [-0.15, -0.1) is 0 Å². The molecule has 3 aromatic rings. The third-order valence-corrected chi connectivity index (χ3v) is 3.46. The average Bonchev–Trinajstić information content (AvgIpc) is 2.58. The van der Waals surface area contributed by atoms with E-state index in [-0.39, 0.29) is 11.1 Å². The zero-order valence-corrected chi connectivity index (χ0v) is 11.6. The van der Waals surface area contributed by atoms with E-state index in [2.05, 4.69) is 6.07 Å². The summed E-state index contributed by atoms with van der Waals surface area (Å²) in [4.78, 5) is 23.2. The minimum atomic E-state index is -0.332. The number of nitrogens with zero attached hydrogens (tertiary/aromatic N) is 3. The highest BCUT2D eigenvalue weighted by atomic mass is 16.1. The van der Waals surface area contributed by atoms with Crippen molar-refractivity contribution >= 4 is 11.9 Å². The first-order valence-electron chi connectivity index (χ1n) is 6.71. The maximum absolute atomic E-state index is 12.1. The van der Waals surface area contributed by atoms with Gasteiger partial charge in [-0.25, -0.2) is 9.36 Å². The highest BCUT2D eigenvalue weighted by Gasteiger charge is 2.15. The van der Waals surface area contributed by atoms with Crippen LogP contribution in [0.3, 0.4) is 0 Å². The Balaban J connectivity index is 2.13. The van der Waals surface area contributed by atoms with Crippen LogP contribution in [0.1, 0.15) is 21.5 Å². The molecule has 0 amide bonds. The Morgan fingerprint density at radius 3 is 2.64 bits per heavy atom. The molecule has 0 unspecified atom stereocenters. The van der Waals surface area contributed by atoms with E-state index in [1.165, 1.54) is 4.40 Å². The minimum absolute atomic E-state index is 0.109. The van der Waals surface area contributed by atoms with E-state index >= 15 is 0 Å². The number of nitriles is 1. The van der Waals surface area contributed by atoms with Gasteiger partial charge in [-0.2, -0.15) is 9.66 Å². The second kappa shape index (κ2) is 5.62. The van der Waals surface area contributed by atoms with Crippen molar-refractivity contribution in [3.63, 3.8) is 0 Å². The Morgan fingerprint density at radius 2 is 1.95 bits per heavy atom. The van der Waals surface area contributed by atoms with E-state index in [1.807, 2.05) is 28.8 Å². The van der Waals surface area contributed by atoms with Crippen molar-refractivity contribution in [2.24, 2.45) is 0 Å². The Bertz CT molecular complexity index is 950. The number of fused-ring (bicyclic) bond motifs is 1. The summed E-state index contributed by atoms with van der Waals surface area (Å²) < 4.78 is 3.29. The number of hydrogen-bond acceptors (Lipinski definition) is 3. The van der Waals surface area contributed by atoms with Gasteiger partial charge in [0, 0.05) is 6.07 Å². The number of hydrogen-bond donors (Lipinski definition) is 0. The van der Waals surface area contributed by atoms with Gasteiger partial charge in [0.15, 0.2) is 6.29 Å². The quantitative estimate of drug-likeness (QED) is 0.540. The molecular weight excluding hydrogens is 278 g/mol. The van der Waals surface area contributed by atoms with Crippen molar-refractivity contribution in [3.05, 3.63) is 81.9 Å². The highest BCUT2D eigenvalue weighted by molar-refractivity contribution is 5.73. The van der Waals surface area contributed by atoms with E-state index in [9.17, 15) is 9.59 Å². The molecule has 0 saturated heterocycles. The maximum atomic E-state index is 12.1. The number of benzene rings is 1. The Labute approximate surface area is 126 Å². The van der Waals surface area contributed by atoms with Gasteiger partial charge in [-0.05, 0) is 23.8 Å². The van der Waals surface area contributed by atoms with E-state index < -0.39 is 0 Å². The summed E-state index contributed by atoms with van der Waals surface area (Å²) in [7, 11) is 0. The molecule has 0 fully saturated rings. The molecule has 5 heteroatoms. The molecule has 0 atom stereocenters. The van der Waals surface area contributed by atoms with Crippen LogP contribution in [0.25, 0.3) is 5.65 Å². The summed E-state index contributed by atoms with van der Waals surface area (Å²) >= 11 is 0. The lowest BCUT2D eigenvalue weighted by atomic mass is 10.1. The van der Waals surface area contributed by atoms with Crippen LogP contribution in [0, 0.1) is 11.3 Å². The van der Waals surface area contributed by atoms with E-state index in [1.54, 1.807) is 30.6 Å². The molecule has 0 bridgehead atoms. The molecule has 3 rings (SSSR count). The molecule has 0 aliphatic rings. The molecule has 0 spiro atoms. The van der Waals surface area contributed by atoms with Crippen LogP contribution in [-0.4, -0.2) is 10.7 Å². The van der Waals surface area contributed by atoms with Crippen LogP contribution in [0.4, 0.5) is 0 Å². The molecule has 0 saturated carbocycles. The zero-order valence-electron chi connectivity index (χ0n) is 11.6. The summed E-state index contributed by atoms with van der Waals surface area (Å²) in [6.07, 6.45) is 3.76. The standard InChI is InChI=1S/C17H12N3O2/c18-9-13-4-6-14(7-5-13)10-19-11-15(12-21)17(22)20-8-2-1-3-16(19)20/h1-8,11-12H,10H2/q+1. The minimum Gasteiger partial charge on any atom is -0.297 e. The number of carbonyl (C=O) groups is 1. The zero-order chi connectivity index (χ0) is 15.5. The second-order valence-electron chi connectivity index (χ2n) is 4.87. The van der Waals surface area contributed by atoms with Gasteiger partial charge in [0.05, 0.1) is 17.8 Å². The highest BCUT2D eigenvalue weighted by Crippen LogP contribution is 2.04. The van der Waals surface area contributed by atoms with Crippen molar-refractivity contribution in [3.8, 4) is 6.07 Å². The Hall–Kier alpha value is -3.26. The molecule has 22 heavy (non-hydrogen) atoms. The molecule has 0 aliphatic heterocycles. The topological polar surface area (TPSA) is 66.2 Å². The number of pyridine rings is 1. The van der Waals surface area contributed by atoms with Gasteiger partial charge in [0.25, 0.3) is 5.65 Å². The van der Waals surface area contributed by atoms with Crippen molar-refractivity contribution in [1.29, 1.82) is 5.26 Å². The number of aldehydes is 1. The summed E-state index contributed by atoms with van der Waals surface area (Å²) in [5.74, 6) is 0. The first-order valence-corrected chi connectivity index (χ1v) is 6.71. The summed E-state index contributed by atoms with van der Waals surface area (Å²) in [5.41, 5.74) is 2.04. The smallest absolute Gasteiger partial charge is 0.297 e. The lowest BCUT2D eigenvalue weighted by Gasteiger charge is -2.05. The van der Waals surface area contributed by atoms with E-state index in [0.29, 0.717) is 24.0 Å². The molecular formula is C17H12N3O2+. The SMILES string of the molecule is N#Cc1ccc(C[n+]2cc(C=O)c(=O)n3ccccc32)cc1. The predicted octanol–water partition coefficient (Wildman–Crippen LogP) is 1.32.